The monoisotopic (exact) mass is 236 g/mol. The van der Waals surface area contributed by atoms with Gasteiger partial charge >= 0.3 is 0 Å². The number of carbonyl (C=O) groups is 1. The average molecular weight is 236 g/mol. The van der Waals surface area contributed by atoms with Gasteiger partial charge in [0.15, 0.2) is 0 Å². The molecule has 92 valence electrons. The first-order valence-corrected chi connectivity index (χ1v) is 5.89. The predicted molar refractivity (Wildman–Crippen MR) is 65.4 cm³/mol. The molecular weight excluding hydrogens is 219 g/mol. The van der Waals surface area contributed by atoms with Crippen molar-refractivity contribution >= 4 is 11.6 Å². The fourth-order valence-electron chi connectivity index (χ4n) is 1.60. The van der Waals surface area contributed by atoms with E-state index in [0.29, 0.717) is 17.3 Å². The van der Waals surface area contributed by atoms with E-state index in [-0.39, 0.29) is 17.8 Å². The first-order chi connectivity index (χ1) is 8.06. The fourth-order valence-corrected chi connectivity index (χ4v) is 1.60. The lowest BCUT2D eigenvalue weighted by atomic mass is 10.2. The molecule has 1 amide bonds. The number of rotatable bonds is 4. The fraction of sp³-hybridized carbons (Fsp3) is 0.462. The Bertz CT molecular complexity index is 429. The van der Waals surface area contributed by atoms with E-state index < -0.39 is 0 Å². The van der Waals surface area contributed by atoms with Gasteiger partial charge in [0.2, 0.25) is 5.91 Å². The Balaban J connectivity index is 1.94. The molecule has 0 aliphatic heterocycles. The number of hydrogen-bond donors (Lipinski definition) is 2. The summed E-state index contributed by atoms with van der Waals surface area (Å²) in [5, 5.41) is 5.90. The molecule has 0 saturated heterocycles. The molecule has 0 aromatic heterocycles. The zero-order valence-electron chi connectivity index (χ0n) is 10.1. The van der Waals surface area contributed by atoms with Crippen LogP contribution in [-0.4, -0.2) is 18.0 Å². The maximum Gasteiger partial charge on any atom is 0.241 e. The number of aryl methyl sites for hydroxylation is 1. The molecule has 1 atom stereocenters. The zero-order chi connectivity index (χ0) is 12.4. The Morgan fingerprint density at radius 1 is 1.47 bits per heavy atom. The van der Waals surface area contributed by atoms with E-state index in [1.54, 1.807) is 19.1 Å². The normalized spacial score (nSPS) is 16.6. The zero-order valence-corrected chi connectivity index (χ0v) is 10.1. The summed E-state index contributed by atoms with van der Waals surface area (Å²) in [5.41, 5.74) is 1.08. The smallest absolute Gasteiger partial charge is 0.241 e. The molecule has 1 saturated carbocycles. The highest BCUT2D eigenvalue weighted by Crippen LogP contribution is 2.19. The number of anilines is 1. The molecule has 4 heteroatoms. The minimum Gasteiger partial charge on any atom is -0.325 e. The van der Waals surface area contributed by atoms with E-state index in [0.717, 1.165) is 12.8 Å². The summed E-state index contributed by atoms with van der Waals surface area (Å²) in [6.07, 6.45) is 2.27. The quantitative estimate of drug-likeness (QED) is 0.841. The minimum atomic E-state index is -0.300. The standard InChI is InChI=1S/C13H17FN2O/c1-8-3-4-11(7-12(8)14)16-13(17)9(2)15-10-5-6-10/h3-4,7,9-10,15H,5-6H2,1-2H3,(H,16,17). The summed E-state index contributed by atoms with van der Waals surface area (Å²) < 4.78 is 13.3. The maximum absolute atomic E-state index is 13.3. The van der Waals surface area contributed by atoms with Crippen molar-refractivity contribution < 1.29 is 9.18 Å². The molecule has 1 aliphatic carbocycles. The van der Waals surface area contributed by atoms with E-state index in [9.17, 15) is 9.18 Å². The van der Waals surface area contributed by atoms with Gasteiger partial charge in [0.05, 0.1) is 6.04 Å². The van der Waals surface area contributed by atoms with E-state index in [4.69, 9.17) is 0 Å². The lowest BCUT2D eigenvalue weighted by Crippen LogP contribution is -2.39. The molecule has 2 rings (SSSR count). The van der Waals surface area contributed by atoms with Gasteiger partial charge < -0.3 is 10.6 Å². The average Bonchev–Trinajstić information content (AvgIpc) is 3.07. The van der Waals surface area contributed by atoms with Crippen molar-refractivity contribution in [3.63, 3.8) is 0 Å². The third-order valence-corrected chi connectivity index (χ3v) is 2.90. The number of carbonyl (C=O) groups excluding carboxylic acids is 1. The van der Waals surface area contributed by atoms with Crippen LogP contribution in [0.5, 0.6) is 0 Å². The van der Waals surface area contributed by atoms with E-state index >= 15 is 0 Å². The van der Waals surface area contributed by atoms with E-state index in [2.05, 4.69) is 10.6 Å². The van der Waals surface area contributed by atoms with Crippen molar-refractivity contribution in [3.8, 4) is 0 Å². The van der Waals surface area contributed by atoms with E-state index in [1.165, 1.54) is 6.07 Å². The molecular formula is C13H17FN2O. The summed E-state index contributed by atoms with van der Waals surface area (Å²) >= 11 is 0. The summed E-state index contributed by atoms with van der Waals surface area (Å²) in [7, 11) is 0. The Morgan fingerprint density at radius 2 is 2.18 bits per heavy atom. The van der Waals surface area contributed by atoms with Crippen LogP contribution in [0.2, 0.25) is 0 Å². The van der Waals surface area contributed by atoms with Gasteiger partial charge in [-0.2, -0.15) is 0 Å². The third-order valence-electron chi connectivity index (χ3n) is 2.90. The van der Waals surface area contributed by atoms with Gasteiger partial charge in [0.25, 0.3) is 0 Å². The maximum atomic E-state index is 13.3. The van der Waals surface area contributed by atoms with Crippen LogP contribution < -0.4 is 10.6 Å². The van der Waals surface area contributed by atoms with Crippen molar-refractivity contribution in [3.05, 3.63) is 29.6 Å². The van der Waals surface area contributed by atoms with Gasteiger partial charge in [-0.25, -0.2) is 4.39 Å². The summed E-state index contributed by atoms with van der Waals surface area (Å²) in [6.45, 7) is 3.51. The molecule has 1 aliphatic rings. The second-order valence-electron chi connectivity index (χ2n) is 4.62. The molecule has 0 bridgehead atoms. The highest BCUT2D eigenvalue weighted by atomic mass is 19.1. The Kier molecular flexibility index (Phi) is 3.43. The number of benzene rings is 1. The van der Waals surface area contributed by atoms with Gasteiger partial charge in [-0.15, -0.1) is 0 Å². The van der Waals surface area contributed by atoms with Crippen LogP contribution in [0.1, 0.15) is 25.3 Å². The highest BCUT2D eigenvalue weighted by Gasteiger charge is 2.25. The molecule has 17 heavy (non-hydrogen) atoms. The molecule has 1 unspecified atom stereocenters. The van der Waals surface area contributed by atoms with Crippen LogP contribution in [0.3, 0.4) is 0 Å². The Morgan fingerprint density at radius 3 is 2.76 bits per heavy atom. The van der Waals surface area contributed by atoms with Crippen molar-refractivity contribution in [1.29, 1.82) is 0 Å². The van der Waals surface area contributed by atoms with Gasteiger partial charge in [-0.3, -0.25) is 4.79 Å². The molecule has 3 nitrogen and oxygen atoms in total. The van der Waals surface area contributed by atoms with Crippen molar-refractivity contribution in [1.82, 2.24) is 5.32 Å². The van der Waals surface area contributed by atoms with Crippen LogP contribution in [0.25, 0.3) is 0 Å². The number of nitrogens with one attached hydrogen (secondary N) is 2. The van der Waals surface area contributed by atoms with Crippen molar-refractivity contribution in [2.24, 2.45) is 0 Å². The topological polar surface area (TPSA) is 41.1 Å². The van der Waals surface area contributed by atoms with Gasteiger partial charge in [-0.1, -0.05) is 6.07 Å². The molecule has 0 radical (unpaired) electrons. The highest BCUT2D eigenvalue weighted by molar-refractivity contribution is 5.94. The molecule has 0 heterocycles. The molecule has 1 aromatic carbocycles. The van der Waals surface area contributed by atoms with Crippen molar-refractivity contribution in [2.75, 3.05) is 5.32 Å². The molecule has 2 N–H and O–H groups in total. The summed E-state index contributed by atoms with van der Waals surface area (Å²) in [4.78, 5) is 11.8. The van der Waals surface area contributed by atoms with Crippen LogP contribution in [0.4, 0.5) is 10.1 Å². The second kappa shape index (κ2) is 4.84. The van der Waals surface area contributed by atoms with Crippen LogP contribution in [-0.2, 0) is 4.79 Å². The number of amides is 1. The number of halogens is 1. The van der Waals surface area contributed by atoms with Gasteiger partial charge in [-0.05, 0) is 44.4 Å². The van der Waals surface area contributed by atoms with Gasteiger partial charge in [0, 0.05) is 11.7 Å². The lowest BCUT2D eigenvalue weighted by Gasteiger charge is -2.13. The molecule has 0 spiro atoms. The SMILES string of the molecule is Cc1ccc(NC(=O)C(C)NC2CC2)cc1F. The second-order valence-corrected chi connectivity index (χ2v) is 4.62. The first kappa shape index (κ1) is 12.0. The summed E-state index contributed by atoms with van der Waals surface area (Å²) in [6, 6.07) is 4.94. The lowest BCUT2D eigenvalue weighted by molar-refractivity contribution is -0.117. The van der Waals surface area contributed by atoms with Crippen LogP contribution >= 0.6 is 0 Å². The van der Waals surface area contributed by atoms with Crippen LogP contribution in [0, 0.1) is 12.7 Å². The Labute approximate surface area is 100 Å². The Hall–Kier alpha value is -1.42. The van der Waals surface area contributed by atoms with Crippen molar-refractivity contribution in [2.45, 2.75) is 38.8 Å². The number of hydrogen-bond acceptors (Lipinski definition) is 2. The van der Waals surface area contributed by atoms with E-state index in [1.807, 2.05) is 6.92 Å². The third kappa shape index (κ3) is 3.27. The molecule has 1 aromatic rings. The largest absolute Gasteiger partial charge is 0.325 e. The predicted octanol–water partition coefficient (Wildman–Crippen LogP) is 2.21. The summed E-state index contributed by atoms with van der Waals surface area (Å²) in [5.74, 6) is -0.425. The molecule has 1 fully saturated rings. The van der Waals surface area contributed by atoms with Gasteiger partial charge in [0.1, 0.15) is 5.82 Å². The van der Waals surface area contributed by atoms with Crippen LogP contribution in [0.15, 0.2) is 18.2 Å². The minimum absolute atomic E-state index is 0.125. The first-order valence-electron chi connectivity index (χ1n) is 5.89.